The Balaban J connectivity index is 2.41. The molecule has 0 aliphatic heterocycles. The highest BCUT2D eigenvalue weighted by Gasteiger charge is 2.18. The lowest BCUT2D eigenvalue weighted by Gasteiger charge is -2.12. The average Bonchev–Trinajstić information content (AvgIpc) is 3.02. The van der Waals surface area contributed by atoms with E-state index in [4.69, 9.17) is 19.3 Å². The van der Waals surface area contributed by atoms with Gasteiger partial charge in [0.25, 0.3) is 0 Å². The van der Waals surface area contributed by atoms with Crippen LogP contribution in [-0.4, -0.2) is 47.5 Å². The summed E-state index contributed by atoms with van der Waals surface area (Å²) in [5, 5.41) is 20.1. The van der Waals surface area contributed by atoms with Crippen LogP contribution in [-0.2, 0) is 6.54 Å². The molecule has 0 aliphatic carbocycles. The minimum absolute atomic E-state index is 0.0746. The lowest BCUT2D eigenvalue weighted by Crippen LogP contribution is -2.07. The van der Waals surface area contributed by atoms with Gasteiger partial charge in [0.15, 0.2) is 11.5 Å². The minimum atomic E-state index is -0.542. The van der Waals surface area contributed by atoms with Gasteiger partial charge in [0.1, 0.15) is 12.7 Å². The number of aromatic nitrogens is 2. The monoisotopic (exact) mass is 349 g/mol. The van der Waals surface area contributed by atoms with Crippen LogP contribution >= 0.6 is 0 Å². The molecule has 0 spiro atoms. The number of benzene rings is 1. The maximum absolute atomic E-state index is 11.0. The number of imidazole rings is 1. The molecule has 0 saturated heterocycles. The van der Waals surface area contributed by atoms with Gasteiger partial charge in [-0.05, 0) is 28.7 Å². The Labute approximate surface area is 144 Å². The summed E-state index contributed by atoms with van der Waals surface area (Å²) >= 11 is 0. The Hall–Kier alpha value is -3.07. The molecule has 25 heavy (non-hydrogen) atoms. The molecule has 2 rings (SSSR count). The van der Waals surface area contributed by atoms with Gasteiger partial charge in [0.05, 0.1) is 27.9 Å². The molecule has 0 unspecified atom stereocenters. The Kier molecular flexibility index (Phi) is 5.96. The second-order valence-corrected chi connectivity index (χ2v) is 4.90. The van der Waals surface area contributed by atoms with E-state index >= 15 is 0 Å². The van der Waals surface area contributed by atoms with Crippen molar-refractivity contribution in [2.45, 2.75) is 6.54 Å². The lowest BCUT2D eigenvalue weighted by atomic mass is 10.1. The van der Waals surface area contributed by atoms with Crippen molar-refractivity contribution in [3.8, 4) is 17.2 Å². The maximum Gasteiger partial charge on any atom is 0.343 e. The number of methoxy groups -OCH3 is 3. The molecule has 0 aliphatic rings. The van der Waals surface area contributed by atoms with Crippen LogP contribution in [0.15, 0.2) is 18.3 Å². The smallest absolute Gasteiger partial charge is 0.343 e. The molecule has 1 aromatic carbocycles. The molecule has 0 atom stereocenters. The lowest BCUT2D eigenvalue weighted by molar-refractivity contribution is -0.392. The van der Waals surface area contributed by atoms with E-state index < -0.39 is 4.92 Å². The summed E-state index contributed by atoms with van der Waals surface area (Å²) in [7, 11) is 4.55. The van der Waals surface area contributed by atoms with Crippen molar-refractivity contribution in [2.75, 3.05) is 27.9 Å². The summed E-state index contributed by atoms with van der Waals surface area (Å²) in [6.07, 6.45) is 4.48. The van der Waals surface area contributed by atoms with Gasteiger partial charge in [0, 0.05) is 6.08 Å². The zero-order valence-corrected chi connectivity index (χ0v) is 14.1. The predicted molar refractivity (Wildman–Crippen MR) is 91.0 cm³/mol. The molecule has 0 bridgehead atoms. The van der Waals surface area contributed by atoms with Crippen molar-refractivity contribution in [1.82, 2.24) is 9.55 Å². The van der Waals surface area contributed by atoms with Gasteiger partial charge in [-0.15, -0.1) is 0 Å². The summed E-state index contributed by atoms with van der Waals surface area (Å²) in [5.74, 6) is 1.63. The Morgan fingerprint density at radius 3 is 2.32 bits per heavy atom. The molecule has 0 amide bonds. The van der Waals surface area contributed by atoms with Crippen LogP contribution in [0.25, 0.3) is 12.2 Å². The van der Waals surface area contributed by atoms with Crippen LogP contribution in [0.5, 0.6) is 17.2 Å². The van der Waals surface area contributed by atoms with E-state index in [1.807, 2.05) is 0 Å². The predicted octanol–water partition coefficient (Wildman–Crippen LogP) is 1.98. The molecule has 134 valence electrons. The van der Waals surface area contributed by atoms with E-state index in [1.165, 1.54) is 25.9 Å². The molecule has 0 fully saturated rings. The second-order valence-electron chi connectivity index (χ2n) is 4.90. The third kappa shape index (κ3) is 3.89. The fraction of sp³-hybridized carbons (Fsp3) is 0.312. The zero-order valence-electron chi connectivity index (χ0n) is 14.1. The number of ether oxygens (including phenoxy) is 3. The van der Waals surface area contributed by atoms with Crippen LogP contribution in [0.4, 0.5) is 5.82 Å². The number of hydrogen-bond acceptors (Lipinski definition) is 7. The van der Waals surface area contributed by atoms with Gasteiger partial charge in [-0.25, -0.2) is 9.55 Å². The van der Waals surface area contributed by atoms with Crippen LogP contribution in [0.2, 0.25) is 0 Å². The Morgan fingerprint density at radius 1 is 1.20 bits per heavy atom. The molecular weight excluding hydrogens is 330 g/mol. The number of nitro groups is 1. The Bertz CT molecular complexity index is 759. The van der Waals surface area contributed by atoms with E-state index in [1.54, 1.807) is 24.3 Å². The number of aliphatic hydroxyl groups excluding tert-OH is 1. The van der Waals surface area contributed by atoms with Crippen LogP contribution in [0.1, 0.15) is 11.4 Å². The average molecular weight is 349 g/mol. The maximum atomic E-state index is 11.0. The van der Waals surface area contributed by atoms with Crippen molar-refractivity contribution >= 4 is 18.0 Å². The van der Waals surface area contributed by atoms with Gasteiger partial charge in [-0.3, -0.25) is 0 Å². The summed E-state index contributed by atoms with van der Waals surface area (Å²) in [5.41, 5.74) is 0.732. The number of nitrogens with zero attached hydrogens (tertiary/aromatic N) is 3. The zero-order chi connectivity index (χ0) is 18.4. The van der Waals surface area contributed by atoms with E-state index in [0.717, 1.165) is 11.8 Å². The molecule has 2 aromatic rings. The second kappa shape index (κ2) is 8.15. The number of rotatable bonds is 8. The largest absolute Gasteiger partial charge is 0.493 e. The van der Waals surface area contributed by atoms with E-state index in [9.17, 15) is 10.1 Å². The van der Waals surface area contributed by atoms with Crippen LogP contribution < -0.4 is 14.2 Å². The molecule has 1 aromatic heterocycles. The fourth-order valence-corrected chi connectivity index (χ4v) is 2.36. The highest BCUT2D eigenvalue weighted by molar-refractivity contribution is 5.71. The number of hydrogen-bond donors (Lipinski definition) is 1. The molecule has 1 heterocycles. The van der Waals surface area contributed by atoms with E-state index in [-0.39, 0.29) is 19.0 Å². The molecule has 1 N–H and O–H groups in total. The third-order valence-corrected chi connectivity index (χ3v) is 3.49. The number of aliphatic hydroxyl groups is 1. The normalized spacial score (nSPS) is 10.9. The van der Waals surface area contributed by atoms with Crippen molar-refractivity contribution in [2.24, 2.45) is 0 Å². The molecule has 9 nitrogen and oxygen atoms in total. The fourth-order valence-electron chi connectivity index (χ4n) is 2.36. The van der Waals surface area contributed by atoms with Gasteiger partial charge in [0.2, 0.25) is 11.6 Å². The molecular formula is C16H19N3O6. The van der Waals surface area contributed by atoms with Gasteiger partial charge < -0.3 is 29.4 Å². The molecule has 0 radical (unpaired) electrons. The SMILES string of the molecule is COc1cc(C=Cc2ncc([N+](=O)[O-])n2CCO)cc(OC)c1OC. The van der Waals surface area contributed by atoms with Gasteiger partial charge >= 0.3 is 5.82 Å². The first-order valence-electron chi connectivity index (χ1n) is 7.34. The summed E-state index contributed by atoms with van der Waals surface area (Å²) in [4.78, 5) is 14.5. The van der Waals surface area contributed by atoms with Gasteiger partial charge in [-0.2, -0.15) is 0 Å². The molecule has 0 saturated carbocycles. The van der Waals surface area contributed by atoms with Crippen molar-refractivity contribution in [3.05, 3.63) is 39.8 Å². The van der Waals surface area contributed by atoms with E-state index in [0.29, 0.717) is 23.1 Å². The topological polar surface area (TPSA) is 109 Å². The molecule has 9 heteroatoms. The first-order chi connectivity index (χ1) is 12.0. The first kappa shape index (κ1) is 18.3. The summed E-state index contributed by atoms with van der Waals surface area (Å²) in [6.45, 7) is -0.159. The van der Waals surface area contributed by atoms with Crippen LogP contribution in [0.3, 0.4) is 0 Å². The van der Waals surface area contributed by atoms with Crippen LogP contribution in [0, 0.1) is 10.1 Å². The highest BCUT2D eigenvalue weighted by Crippen LogP contribution is 2.38. The minimum Gasteiger partial charge on any atom is -0.493 e. The quantitative estimate of drug-likeness (QED) is 0.573. The van der Waals surface area contributed by atoms with Crippen molar-refractivity contribution in [1.29, 1.82) is 0 Å². The first-order valence-corrected chi connectivity index (χ1v) is 7.34. The van der Waals surface area contributed by atoms with Gasteiger partial charge in [-0.1, -0.05) is 0 Å². The standard InChI is InChI=1S/C16H19N3O6/c1-23-12-8-11(9-13(24-2)16(12)25-3)4-5-14-17-10-15(19(21)22)18(14)6-7-20/h4-5,8-10,20H,6-7H2,1-3H3. The summed E-state index contributed by atoms with van der Waals surface area (Å²) < 4.78 is 17.2. The van der Waals surface area contributed by atoms with Crippen molar-refractivity contribution < 1.29 is 24.2 Å². The highest BCUT2D eigenvalue weighted by atomic mass is 16.6. The third-order valence-electron chi connectivity index (χ3n) is 3.49. The van der Waals surface area contributed by atoms with Crippen molar-refractivity contribution in [3.63, 3.8) is 0 Å². The van der Waals surface area contributed by atoms with E-state index in [2.05, 4.69) is 4.98 Å². The summed E-state index contributed by atoms with van der Waals surface area (Å²) in [6, 6.07) is 3.48. The Morgan fingerprint density at radius 2 is 1.84 bits per heavy atom.